The highest BCUT2D eigenvalue weighted by molar-refractivity contribution is 7.46. The fraction of sp³-hybridized carbons (Fsp3) is 0. The summed E-state index contributed by atoms with van der Waals surface area (Å²) in [7, 11) is -37.1. The summed E-state index contributed by atoms with van der Waals surface area (Å²) < 4.78 is 71.1. The van der Waals surface area contributed by atoms with Gasteiger partial charge in [-0.25, -0.2) is 36.5 Å². The first kappa shape index (κ1) is 60.1. The van der Waals surface area contributed by atoms with Crippen LogP contribution in [0.1, 0.15) is 0 Å². The van der Waals surface area contributed by atoms with Crippen molar-refractivity contribution in [3.8, 4) is 0 Å². The van der Waals surface area contributed by atoms with Gasteiger partial charge < -0.3 is 117 Å². The van der Waals surface area contributed by atoms with Crippen molar-refractivity contribution in [3.63, 3.8) is 0 Å². The molecule has 0 aromatic rings. The Bertz CT molecular complexity index is 638. The lowest BCUT2D eigenvalue weighted by atomic mass is 15.8. The minimum atomic E-state index is -4.64. The Morgan fingerprint density at radius 2 is 0.150 bits per heavy atom. The molecule has 0 aliphatic heterocycles. The van der Waals surface area contributed by atoms with Gasteiger partial charge in [0.2, 0.25) is 0 Å². The molecule has 40 heavy (non-hydrogen) atoms. The summed E-state index contributed by atoms with van der Waals surface area (Å²) in [4.78, 5) is 172. The van der Waals surface area contributed by atoms with Crippen LogP contribution in [0.15, 0.2) is 0 Å². The molecule has 0 aromatic carbocycles. The van der Waals surface area contributed by atoms with Gasteiger partial charge in [-0.05, 0) is 0 Å². The Hall–Kier alpha value is 0.880. The summed E-state index contributed by atoms with van der Waals surface area (Å²) in [5.74, 6) is 0. The SMILES string of the molecule is O=P(O)(O)O.O=P(O)(O)O.O=P(O)(O)O.O=P(O)(O)O.O=P(O)(O)O.O=P(O)(O)O.O=P(O)(O)O.O=P(O)(O)O. The van der Waals surface area contributed by atoms with Crippen molar-refractivity contribution in [1.29, 1.82) is 0 Å². The normalized spacial score (nSPS) is 11.8. The van der Waals surface area contributed by atoms with Crippen LogP contribution in [0.5, 0.6) is 0 Å². The molecule has 0 aliphatic carbocycles. The molecule has 40 heteroatoms. The van der Waals surface area contributed by atoms with Crippen LogP contribution < -0.4 is 0 Å². The van der Waals surface area contributed by atoms with Crippen LogP contribution in [0.25, 0.3) is 0 Å². The summed E-state index contributed by atoms with van der Waals surface area (Å²) in [5, 5.41) is 0. The van der Waals surface area contributed by atoms with Gasteiger partial charge in [0, 0.05) is 0 Å². The minimum Gasteiger partial charge on any atom is -0.303 e. The van der Waals surface area contributed by atoms with Gasteiger partial charge in [0.1, 0.15) is 0 Å². The predicted molar refractivity (Wildman–Crippen MR) is 114 cm³/mol. The van der Waals surface area contributed by atoms with Gasteiger partial charge in [-0.2, -0.15) is 0 Å². The molecule has 0 saturated carbocycles. The summed E-state index contributed by atoms with van der Waals surface area (Å²) >= 11 is 0. The van der Waals surface area contributed by atoms with Crippen LogP contribution in [0, 0.1) is 0 Å². The van der Waals surface area contributed by atoms with E-state index in [1.807, 2.05) is 0 Å². The number of hydrogen-bond donors (Lipinski definition) is 24. The van der Waals surface area contributed by atoms with E-state index in [1.54, 1.807) is 0 Å². The van der Waals surface area contributed by atoms with E-state index >= 15 is 0 Å². The highest BCUT2D eigenvalue weighted by Crippen LogP contribution is 2.28. The van der Waals surface area contributed by atoms with Crippen molar-refractivity contribution in [2.75, 3.05) is 0 Å². The fourth-order valence-corrected chi connectivity index (χ4v) is 0. The largest absolute Gasteiger partial charge is 0.466 e. The number of hydrogen-bond acceptors (Lipinski definition) is 8. The smallest absolute Gasteiger partial charge is 0.303 e. The van der Waals surface area contributed by atoms with Gasteiger partial charge in [0.15, 0.2) is 0 Å². The summed E-state index contributed by atoms with van der Waals surface area (Å²) in [6.45, 7) is 0. The lowest BCUT2D eigenvalue weighted by Gasteiger charge is -1.82. The Morgan fingerprint density at radius 1 is 0.150 bits per heavy atom. The van der Waals surface area contributed by atoms with Crippen LogP contribution >= 0.6 is 62.6 Å². The van der Waals surface area contributed by atoms with Crippen LogP contribution in [-0.4, -0.2) is 117 Å². The monoisotopic (exact) mass is 784 g/mol. The van der Waals surface area contributed by atoms with E-state index in [0.29, 0.717) is 0 Å². The van der Waals surface area contributed by atoms with Crippen LogP contribution in [0.4, 0.5) is 0 Å². The molecule has 24 N–H and O–H groups in total. The van der Waals surface area contributed by atoms with Gasteiger partial charge in [-0.1, -0.05) is 0 Å². The molecule has 0 aliphatic rings. The summed E-state index contributed by atoms with van der Waals surface area (Å²) in [5.41, 5.74) is 0. The first-order valence-electron chi connectivity index (χ1n) is 6.26. The molecule has 0 heterocycles. The number of phosphoric acid groups is 8. The molecule has 0 rings (SSSR count). The minimum absolute atomic E-state index is 4.64. The third-order valence-electron chi connectivity index (χ3n) is 0. The predicted octanol–water partition coefficient (Wildman–Crippen LogP) is -7.43. The fourth-order valence-electron chi connectivity index (χ4n) is 0. The Morgan fingerprint density at radius 3 is 0.150 bits per heavy atom. The second-order valence-corrected chi connectivity index (χ2v) is 12.3. The van der Waals surface area contributed by atoms with E-state index in [1.165, 1.54) is 0 Å². The summed E-state index contributed by atoms with van der Waals surface area (Å²) in [6, 6.07) is 0. The number of rotatable bonds is 0. The van der Waals surface area contributed by atoms with E-state index in [9.17, 15) is 0 Å². The van der Waals surface area contributed by atoms with Crippen molar-refractivity contribution in [2.24, 2.45) is 0 Å². The summed E-state index contributed by atoms with van der Waals surface area (Å²) in [6.07, 6.45) is 0. The third-order valence-corrected chi connectivity index (χ3v) is 0. The zero-order chi connectivity index (χ0) is 36.0. The molecule has 0 amide bonds. The second-order valence-electron chi connectivity index (χ2n) is 4.11. The van der Waals surface area contributed by atoms with Gasteiger partial charge in [-0.3, -0.25) is 0 Å². The maximum Gasteiger partial charge on any atom is 0.466 e. The van der Waals surface area contributed by atoms with Gasteiger partial charge in [0.25, 0.3) is 0 Å². The molecule has 0 aromatic heterocycles. The van der Waals surface area contributed by atoms with Crippen molar-refractivity contribution in [2.45, 2.75) is 0 Å². The molecule has 32 nitrogen and oxygen atoms in total. The molecular formula is H24O32P8. The van der Waals surface area contributed by atoms with Crippen LogP contribution in [-0.2, 0) is 36.5 Å². The lowest BCUT2D eigenvalue weighted by Crippen LogP contribution is -1.66. The first-order chi connectivity index (χ1) is 16.0. The maximum absolute atomic E-state index is 8.88. The highest BCUT2D eigenvalue weighted by Gasteiger charge is 2.03. The Labute approximate surface area is 217 Å². The van der Waals surface area contributed by atoms with Gasteiger partial charge in [0.05, 0.1) is 0 Å². The zero-order valence-corrected chi connectivity index (χ0v) is 24.7. The standard InChI is InChI=1S/8H3O4P/c8*1-5(2,3)4/h8*(H3,1,2,3,4). The third kappa shape index (κ3) is 72000. The molecule has 0 fully saturated rings. The maximum atomic E-state index is 8.88. The molecule has 0 spiro atoms. The van der Waals surface area contributed by atoms with Crippen LogP contribution in [0.3, 0.4) is 0 Å². The Kier molecular flexibility index (Phi) is 37.9. The molecule has 0 radical (unpaired) electrons. The average Bonchev–Trinajstić information content (AvgIpc) is 2.16. The van der Waals surface area contributed by atoms with E-state index in [2.05, 4.69) is 0 Å². The van der Waals surface area contributed by atoms with Crippen molar-refractivity contribution < 1.29 is 154 Å². The van der Waals surface area contributed by atoms with Gasteiger partial charge in [-0.15, -0.1) is 0 Å². The zero-order valence-electron chi connectivity index (χ0n) is 17.6. The molecule has 0 atom stereocenters. The average molecular weight is 784 g/mol. The van der Waals surface area contributed by atoms with Crippen molar-refractivity contribution >= 4 is 62.6 Å². The van der Waals surface area contributed by atoms with Crippen molar-refractivity contribution in [3.05, 3.63) is 0 Å². The van der Waals surface area contributed by atoms with E-state index in [4.69, 9.17) is 154 Å². The van der Waals surface area contributed by atoms with E-state index in [-0.39, 0.29) is 0 Å². The van der Waals surface area contributed by atoms with Crippen LogP contribution in [0.2, 0.25) is 0 Å². The van der Waals surface area contributed by atoms with E-state index in [0.717, 1.165) is 0 Å². The Balaban J connectivity index is -0.0000000488. The molecule has 0 bridgehead atoms. The molecular weight excluding hydrogens is 760 g/mol. The first-order valence-corrected chi connectivity index (χ1v) is 18.8. The van der Waals surface area contributed by atoms with Crippen molar-refractivity contribution in [1.82, 2.24) is 0 Å². The molecule has 0 unspecified atom stereocenters. The second kappa shape index (κ2) is 25.2. The highest BCUT2D eigenvalue weighted by atomic mass is 31.2. The molecule has 256 valence electrons. The van der Waals surface area contributed by atoms with E-state index < -0.39 is 62.6 Å². The lowest BCUT2D eigenvalue weighted by molar-refractivity contribution is 0.272. The topological polar surface area (TPSA) is 622 Å². The van der Waals surface area contributed by atoms with Gasteiger partial charge >= 0.3 is 62.6 Å². The quantitative estimate of drug-likeness (QED) is 0.101. The molecule has 0 saturated heterocycles.